The van der Waals surface area contributed by atoms with Crippen LogP contribution in [0, 0.1) is 10.1 Å². The Labute approximate surface area is 163 Å². The molecule has 0 fully saturated rings. The van der Waals surface area contributed by atoms with Crippen LogP contribution in [-0.2, 0) is 0 Å². The Kier molecular flexibility index (Phi) is 6.01. The zero-order valence-electron chi connectivity index (χ0n) is 15.7. The number of non-ortho nitro benzene ring substituents is 1. The van der Waals surface area contributed by atoms with E-state index in [1.54, 1.807) is 18.3 Å². The average Bonchev–Trinajstić information content (AvgIpc) is 2.70. The van der Waals surface area contributed by atoms with Crippen LogP contribution in [0.2, 0.25) is 0 Å². The summed E-state index contributed by atoms with van der Waals surface area (Å²) in [5.41, 5.74) is 5.74. The molecule has 6 heteroatoms. The maximum absolute atomic E-state index is 10.6. The standard InChI is InChI=1S/C22H21N3O3/c1-16(2)18-5-13-22(14-6-18)28-21-11-3-17(4-12-21)15-23-24-19-7-9-20(10-8-19)25(26)27/h3-16,24H,1-2H3. The van der Waals surface area contributed by atoms with E-state index in [1.807, 2.05) is 36.4 Å². The van der Waals surface area contributed by atoms with Gasteiger partial charge < -0.3 is 4.74 Å². The number of hydrogen-bond acceptors (Lipinski definition) is 5. The SMILES string of the molecule is CC(C)c1ccc(Oc2ccc(C=NNc3ccc([N+](=O)[O-])cc3)cc2)cc1. The Morgan fingerprint density at radius 3 is 2.04 bits per heavy atom. The van der Waals surface area contributed by atoms with Gasteiger partial charge in [-0.25, -0.2) is 0 Å². The van der Waals surface area contributed by atoms with Crippen molar-refractivity contribution < 1.29 is 9.66 Å². The highest BCUT2D eigenvalue weighted by Gasteiger charge is 2.03. The van der Waals surface area contributed by atoms with Gasteiger partial charge in [0.1, 0.15) is 11.5 Å². The molecule has 0 aliphatic rings. The maximum atomic E-state index is 10.6. The number of hydrazone groups is 1. The van der Waals surface area contributed by atoms with E-state index in [9.17, 15) is 10.1 Å². The molecular formula is C22H21N3O3. The number of benzene rings is 3. The van der Waals surface area contributed by atoms with Crippen LogP contribution in [0.5, 0.6) is 11.5 Å². The molecule has 0 unspecified atom stereocenters. The molecule has 0 saturated heterocycles. The van der Waals surface area contributed by atoms with Crippen molar-refractivity contribution in [2.45, 2.75) is 19.8 Å². The third-order valence-electron chi connectivity index (χ3n) is 4.15. The summed E-state index contributed by atoms with van der Waals surface area (Å²) in [6.07, 6.45) is 1.67. The van der Waals surface area contributed by atoms with Crippen molar-refractivity contribution in [3.8, 4) is 11.5 Å². The monoisotopic (exact) mass is 375 g/mol. The van der Waals surface area contributed by atoms with Crippen LogP contribution in [0.1, 0.15) is 30.9 Å². The summed E-state index contributed by atoms with van der Waals surface area (Å²) in [7, 11) is 0. The summed E-state index contributed by atoms with van der Waals surface area (Å²) in [6, 6.07) is 21.7. The molecule has 0 radical (unpaired) electrons. The first-order valence-electron chi connectivity index (χ1n) is 8.92. The number of anilines is 1. The number of nitrogens with zero attached hydrogens (tertiary/aromatic N) is 2. The lowest BCUT2D eigenvalue weighted by molar-refractivity contribution is -0.384. The first-order valence-corrected chi connectivity index (χ1v) is 8.92. The third kappa shape index (κ3) is 5.17. The highest BCUT2D eigenvalue weighted by Crippen LogP contribution is 2.24. The van der Waals surface area contributed by atoms with E-state index >= 15 is 0 Å². The van der Waals surface area contributed by atoms with Gasteiger partial charge >= 0.3 is 0 Å². The van der Waals surface area contributed by atoms with E-state index in [4.69, 9.17) is 4.74 Å². The predicted octanol–water partition coefficient (Wildman–Crippen LogP) is 5.96. The van der Waals surface area contributed by atoms with E-state index in [2.05, 4.69) is 36.5 Å². The van der Waals surface area contributed by atoms with Crippen molar-refractivity contribution in [3.05, 3.63) is 94.0 Å². The van der Waals surface area contributed by atoms with Crippen LogP contribution in [0.4, 0.5) is 11.4 Å². The van der Waals surface area contributed by atoms with E-state index in [1.165, 1.54) is 17.7 Å². The minimum absolute atomic E-state index is 0.0453. The Balaban J connectivity index is 1.56. The summed E-state index contributed by atoms with van der Waals surface area (Å²) < 4.78 is 5.86. The van der Waals surface area contributed by atoms with Gasteiger partial charge in [0.05, 0.1) is 16.8 Å². The van der Waals surface area contributed by atoms with Gasteiger partial charge in [-0.15, -0.1) is 0 Å². The molecule has 0 amide bonds. The summed E-state index contributed by atoms with van der Waals surface area (Å²) in [5, 5.41) is 14.8. The first-order chi connectivity index (χ1) is 13.5. The molecule has 0 aliphatic carbocycles. The zero-order valence-corrected chi connectivity index (χ0v) is 15.7. The van der Waals surface area contributed by atoms with E-state index < -0.39 is 4.92 Å². The smallest absolute Gasteiger partial charge is 0.269 e. The fourth-order valence-electron chi connectivity index (χ4n) is 2.52. The lowest BCUT2D eigenvalue weighted by atomic mass is 10.0. The van der Waals surface area contributed by atoms with Gasteiger partial charge in [-0.1, -0.05) is 26.0 Å². The van der Waals surface area contributed by atoms with Gasteiger partial charge in [-0.05, 0) is 65.6 Å². The summed E-state index contributed by atoms with van der Waals surface area (Å²) >= 11 is 0. The highest BCUT2D eigenvalue weighted by molar-refractivity contribution is 5.80. The van der Waals surface area contributed by atoms with Crippen molar-refractivity contribution in [3.63, 3.8) is 0 Å². The second-order valence-corrected chi connectivity index (χ2v) is 6.57. The van der Waals surface area contributed by atoms with Gasteiger partial charge in [0.15, 0.2) is 0 Å². The van der Waals surface area contributed by atoms with Crippen molar-refractivity contribution >= 4 is 17.6 Å². The van der Waals surface area contributed by atoms with Crippen LogP contribution >= 0.6 is 0 Å². The van der Waals surface area contributed by atoms with Crippen LogP contribution in [0.15, 0.2) is 77.9 Å². The zero-order chi connectivity index (χ0) is 19.9. The molecule has 28 heavy (non-hydrogen) atoms. The quantitative estimate of drug-likeness (QED) is 0.314. The number of nitro benzene ring substituents is 1. The summed E-state index contributed by atoms with van der Waals surface area (Å²) in [4.78, 5) is 10.2. The number of ether oxygens (including phenoxy) is 1. The molecule has 0 aliphatic heterocycles. The molecule has 3 aromatic carbocycles. The van der Waals surface area contributed by atoms with E-state index in [0.717, 1.165) is 17.1 Å². The van der Waals surface area contributed by atoms with Crippen molar-refractivity contribution in [2.75, 3.05) is 5.43 Å². The van der Waals surface area contributed by atoms with Gasteiger partial charge in [0, 0.05) is 12.1 Å². The lowest BCUT2D eigenvalue weighted by Gasteiger charge is -2.08. The maximum Gasteiger partial charge on any atom is 0.269 e. The fraction of sp³-hybridized carbons (Fsp3) is 0.136. The molecule has 0 aromatic heterocycles. The Hall–Kier alpha value is -3.67. The second kappa shape index (κ2) is 8.81. The fourth-order valence-corrected chi connectivity index (χ4v) is 2.52. The average molecular weight is 375 g/mol. The van der Waals surface area contributed by atoms with Gasteiger partial charge in [0.25, 0.3) is 5.69 Å². The Bertz CT molecular complexity index is 948. The highest BCUT2D eigenvalue weighted by atomic mass is 16.6. The molecule has 0 heterocycles. The lowest BCUT2D eigenvalue weighted by Crippen LogP contribution is -1.92. The molecule has 6 nitrogen and oxygen atoms in total. The van der Waals surface area contributed by atoms with Gasteiger partial charge in [0.2, 0.25) is 0 Å². The Morgan fingerprint density at radius 1 is 0.929 bits per heavy atom. The first kappa shape index (κ1) is 19.1. The molecule has 0 spiro atoms. The molecule has 0 atom stereocenters. The molecule has 142 valence electrons. The van der Waals surface area contributed by atoms with Crippen LogP contribution in [0.3, 0.4) is 0 Å². The molecule has 0 bridgehead atoms. The molecule has 3 rings (SSSR count). The summed E-state index contributed by atoms with van der Waals surface area (Å²) in [5.74, 6) is 2.04. The molecule has 3 aromatic rings. The van der Waals surface area contributed by atoms with Crippen molar-refractivity contribution in [1.29, 1.82) is 0 Å². The molecular weight excluding hydrogens is 354 g/mol. The topological polar surface area (TPSA) is 76.8 Å². The summed E-state index contributed by atoms with van der Waals surface area (Å²) in [6.45, 7) is 4.32. The van der Waals surface area contributed by atoms with Crippen molar-refractivity contribution in [2.24, 2.45) is 5.10 Å². The number of hydrogen-bond donors (Lipinski definition) is 1. The third-order valence-corrected chi connectivity index (χ3v) is 4.15. The second-order valence-electron chi connectivity index (χ2n) is 6.57. The molecule has 1 N–H and O–H groups in total. The van der Waals surface area contributed by atoms with E-state index in [-0.39, 0.29) is 5.69 Å². The number of nitro groups is 1. The number of nitrogens with one attached hydrogen (secondary N) is 1. The van der Waals surface area contributed by atoms with Crippen LogP contribution in [-0.4, -0.2) is 11.1 Å². The minimum atomic E-state index is -0.435. The minimum Gasteiger partial charge on any atom is -0.457 e. The molecule has 0 saturated carbocycles. The predicted molar refractivity (Wildman–Crippen MR) is 111 cm³/mol. The van der Waals surface area contributed by atoms with Crippen LogP contribution in [0.25, 0.3) is 0 Å². The Morgan fingerprint density at radius 2 is 1.50 bits per heavy atom. The normalized spacial score (nSPS) is 11.0. The van der Waals surface area contributed by atoms with Gasteiger partial charge in [-0.2, -0.15) is 5.10 Å². The van der Waals surface area contributed by atoms with Gasteiger partial charge in [-0.3, -0.25) is 15.5 Å². The largest absolute Gasteiger partial charge is 0.457 e. The number of rotatable bonds is 7. The van der Waals surface area contributed by atoms with Crippen molar-refractivity contribution in [1.82, 2.24) is 0 Å². The van der Waals surface area contributed by atoms with Crippen LogP contribution < -0.4 is 10.2 Å². The van der Waals surface area contributed by atoms with E-state index in [0.29, 0.717) is 11.6 Å².